The van der Waals surface area contributed by atoms with Gasteiger partial charge in [-0.15, -0.1) is 24.8 Å². The highest BCUT2D eigenvalue weighted by molar-refractivity contribution is 5.94. The van der Waals surface area contributed by atoms with Crippen molar-refractivity contribution in [2.24, 2.45) is 5.92 Å². The normalized spacial score (nSPS) is 15.3. The molecule has 5 nitrogen and oxygen atoms in total. The molecule has 154 valence electrons. The third kappa shape index (κ3) is 6.66. The zero-order chi connectivity index (χ0) is 18.4. The number of carbonyl (C=O) groups is 1. The molecular formula is C21H29Cl2N3O2. The van der Waals surface area contributed by atoms with Gasteiger partial charge >= 0.3 is 0 Å². The molecule has 2 aromatic rings. The van der Waals surface area contributed by atoms with Crippen LogP contribution in [0.2, 0.25) is 0 Å². The van der Waals surface area contributed by atoms with E-state index < -0.39 is 0 Å². The number of rotatable bonds is 7. The molecule has 0 bridgehead atoms. The molecule has 0 aliphatic carbocycles. The van der Waals surface area contributed by atoms with Gasteiger partial charge in [-0.2, -0.15) is 0 Å². The minimum Gasteiger partial charge on any atom is -0.488 e. The summed E-state index contributed by atoms with van der Waals surface area (Å²) in [6.45, 7) is 7.31. The third-order valence-electron chi connectivity index (χ3n) is 4.83. The molecule has 1 aromatic carbocycles. The van der Waals surface area contributed by atoms with Crippen molar-refractivity contribution in [3.63, 3.8) is 0 Å². The van der Waals surface area contributed by atoms with Gasteiger partial charge in [-0.1, -0.05) is 6.07 Å². The molecule has 1 atom stereocenters. The molecule has 2 heterocycles. The minimum absolute atomic E-state index is 0. The SMILES string of the molecule is Cc1cc(C(=O)NCCC2CCNC2)cc(C)c1OCc1cccnc1.Cl.Cl. The third-order valence-corrected chi connectivity index (χ3v) is 4.83. The molecule has 7 heteroatoms. The van der Waals surface area contributed by atoms with Gasteiger partial charge in [0.15, 0.2) is 0 Å². The minimum atomic E-state index is -0.0130. The highest BCUT2D eigenvalue weighted by Crippen LogP contribution is 2.26. The van der Waals surface area contributed by atoms with Crippen molar-refractivity contribution < 1.29 is 9.53 Å². The van der Waals surface area contributed by atoms with Crippen LogP contribution in [0.4, 0.5) is 0 Å². The molecule has 1 fully saturated rings. The molecule has 2 N–H and O–H groups in total. The first kappa shape index (κ1) is 24.2. The summed E-state index contributed by atoms with van der Waals surface area (Å²) in [5.74, 6) is 1.51. The first-order valence-corrected chi connectivity index (χ1v) is 9.25. The van der Waals surface area contributed by atoms with Crippen LogP contribution in [0.25, 0.3) is 0 Å². The smallest absolute Gasteiger partial charge is 0.251 e. The second-order valence-corrected chi connectivity index (χ2v) is 6.99. The van der Waals surface area contributed by atoms with E-state index in [4.69, 9.17) is 4.74 Å². The number of pyridine rings is 1. The van der Waals surface area contributed by atoms with Gasteiger partial charge in [0, 0.05) is 30.1 Å². The fraction of sp³-hybridized carbons (Fsp3) is 0.429. The number of nitrogens with one attached hydrogen (secondary N) is 2. The van der Waals surface area contributed by atoms with Gasteiger partial charge in [0.1, 0.15) is 12.4 Å². The monoisotopic (exact) mass is 425 g/mol. The number of aromatic nitrogens is 1. The highest BCUT2D eigenvalue weighted by atomic mass is 35.5. The summed E-state index contributed by atoms with van der Waals surface area (Å²) in [6, 6.07) is 7.68. The van der Waals surface area contributed by atoms with Gasteiger partial charge in [-0.05, 0) is 75.0 Å². The quantitative estimate of drug-likeness (QED) is 0.706. The molecule has 1 aliphatic heterocycles. The Morgan fingerprint density at radius 2 is 2.04 bits per heavy atom. The fourth-order valence-electron chi connectivity index (χ4n) is 3.40. The first-order chi connectivity index (χ1) is 12.6. The number of benzene rings is 1. The van der Waals surface area contributed by atoms with E-state index in [1.54, 1.807) is 12.4 Å². The lowest BCUT2D eigenvalue weighted by molar-refractivity contribution is 0.0951. The average molecular weight is 426 g/mol. The second-order valence-electron chi connectivity index (χ2n) is 6.99. The number of aryl methyl sites for hydroxylation is 2. The van der Waals surface area contributed by atoms with E-state index in [0.29, 0.717) is 18.1 Å². The molecule has 3 rings (SSSR count). The first-order valence-electron chi connectivity index (χ1n) is 9.25. The van der Waals surface area contributed by atoms with Crippen molar-refractivity contribution in [2.75, 3.05) is 19.6 Å². The number of ether oxygens (including phenoxy) is 1. The van der Waals surface area contributed by atoms with E-state index >= 15 is 0 Å². The number of nitrogens with zero attached hydrogens (tertiary/aromatic N) is 1. The lowest BCUT2D eigenvalue weighted by Crippen LogP contribution is -2.26. The molecule has 1 amide bonds. The van der Waals surface area contributed by atoms with Gasteiger partial charge < -0.3 is 15.4 Å². The van der Waals surface area contributed by atoms with Gasteiger partial charge in [0.25, 0.3) is 5.91 Å². The molecule has 0 spiro atoms. The summed E-state index contributed by atoms with van der Waals surface area (Å²) in [5, 5.41) is 6.40. The van der Waals surface area contributed by atoms with E-state index in [-0.39, 0.29) is 30.7 Å². The summed E-state index contributed by atoms with van der Waals surface area (Å²) in [5.41, 5.74) is 3.66. The molecule has 1 unspecified atom stereocenters. The average Bonchev–Trinajstić information content (AvgIpc) is 3.15. The Labute approximate surface area is 179 Å². The van der Waals surface area contributed by atoms with E-state index in [9.17, 15) is 4.79 Å². The predicted octanol–water partition coefficient (Wildman–Crippen LogP) is 3.85. The Morgan fingerprint density at radius 1 is 1.29 bits per heavy atom. The molecule has 1 saturated heterocycles. The molecule has 0 saturated carbocycles. The van der Waals surface area contributed by atoms with Crippen LogP contribution in [0.1, 0.15) is 39.9 Å². The van der Waals surface area contributed by atoms with E-state index in [1.807, 2.05) is 38.1 Å². The van der Waals surface area contributed by atoms with Crippen molar-refractivity contribution in [3.05, 3.63) is 58.9 Å². The van der Waals surface area contributed by atoms with Crippen LogP contribution in [0, 0.1) is 19.8 Å². The summed E-state index contributed by atoms with van der Waals surface area (Å²) in [6.07, 6.45) is 5.78. The number of hydrogen-bond donors (Lipinski definition) is 2. The maximum Gasteiger partial charge on any atom is 0.251 e. The number of hydrogen-bond acceptors (Lipinski definition) is 4. The van der Waals surface area contributed by atoms with Crippen molar-refractivity contribution in [1.29, 1.82) is 0 Å². The van der Waals surface area contributed by atoms with Crippen molar-refractivity contribution in [1.82, 2.24) is 15.6 Å². The number of amides is 1. The highest BCUT2D eigenvalue weighted by Gasteiger charge is 2.15. The summed E-state index contributed by atoms with van der Waals surface area (Å²) in [7, 11) is 0. The topological polar surface area (TPSA) is 63.2 Å². The van der Waals surface area contributed by atoms with Crippen molar-refractivity contribution in [3.8, 4) is 5.75 Å². The maximum absolute atomic E-state index is 12.4. The zero-order valence-electron chi connectivity index (χ0n) is 16.4. The second kappa shape index (κ2) is 11.9. The van der Waals surface area contributed by atoms with E-state index in [0.717, 1.165) is 48.5 Å². The zero-order valence-corrected chi connectivity index (χ0v) is 18.0. The lowest BCUT2D eigenvalue weighted by Gasteiger charge is -2.15. The van der Waals surface area contributed by atoms with Gasteiger partial charge in [-0.3, -0.25) is 9.78 Å². The van der Waals surface area contributed by atoms with Gasteiger partial charge in [0.05, 0.1) is 0 Å². The molecule has 1 aromatic heterocycles. The summed E-state index contributed by atoms with van der Waals surface area (Å²) >= 11 is 0. The van der Waals surface area contributed by atoms with Crippen molar-refractivity contribution >= 4 is 30.7 Å². The molecule has 28 heavy (non-hydrogen) atoms. The van der Waals surface area contributed by atoms with Crippen LogP contribution < -0.4 is 15.4 Å². The van der Waals surface area contributed by atoms with Crippen LogP contribution in [0.5, 0.6) is 5.75 Å². The predicted molar refractivity (Wildman–Crippen MR) is 117 cm³/mol. The van der Waals surface area contributed by atoms with Crippen LogP contribution in [-0.2, 0) is 6.61 Å². The fourth-order valence-corrected chi connectivity index (χ4v) is 3.40. The van der Waals surface area contributed by atoms with E-state index in [1.165, 1.54) is 6.42 Å². The Kier molecular flexibility index (Phi) is 10.3. The Hall–Kier alpha value is -1.82. The molecule has 1 aliphatic rings. The van der Waals surface area contributed by atoms with Crippen LogP contribution in [0.15, 0.2) is 36.7 Å². The van der Waals surface area contributed by atoms with Crippen LogP contribution in [-0.4, -0.2) is 30.5 Å². The number of halogens is 2. The standard InChI is InChI=1S/C21H27N3O2.2ClH/c1-15-10-19(21(25)24-9-6-17-5-8-23-12-17)11-16(2)20(15)26-14-18-4-3-7-22-13-18;;/h3-4,7,10-11,13,17,23H,5-6,8-9,12,14H2,1-2H3,(H,24,25);2*1H. The largest absolute Gasteiger partial charge is 0.488 e. The Morgan fingerprint density at radius 3 is 2.64 bits per heavy atom. The van der Waals surface area contributed by atoms with E-state index in [2.05, 4.69) is 15.6 Å². The van der Waals surface area contributed by atoms with Crippen LogP contribution in [0.3, 0.4) is 0 Å². The van der Waals surface area contributed by atoms with Crippen molar-refractivity contribution in [2.45, 2.75) is 33.3 Å². The van der Waals surface area contributed by atoms with Gasteiger partial charge in [-0.25, -0.2) is 0 Å². The summed E-state index contributed by atoms with van der Waals surface area (Å²) in [4.78, 5) is 16.5. The Bertz CT molecular complexity index is 728. The molecule has 0 radical (unpaired) electrons. The number of carbonyl (C=O) groups excluding carboxylic acids is 1. The maximum atomic E-state index is 12.4. The molecular weight excluding hydrogens is 397 g/mol. The van der Waals surface area contributed by atoms with Crippen LogP contribution >= 0.6 is 24.8 Å². The summed E-state index contributed by atoms with van der Waals surface area (Å²) < 4.78 is 5.96. The van der Waals surface area contributed by atoms with Gasteiger partial charge in [0.2, 0.25) is 0 Å². The lowest BCUT2D eigenvalue weighted by atomic mass is 10.0. The Balaban J connectivity index is 0.00000196.